The van der Waals surface area contributed by atoms with E-state index in [-0.39, 0.29) is 4.77 Å². The molecule has 0 radical (unpaired) electrons. The topological polar surface area (TPSA) is 93.5 Å². The van der Waals surface area contributed by atoms with Crippen molar-refractivity contribution >= 4 is 18.0 Å². The van der Waals surface area contributed by atoms with E-state index in [0.29, 0.717) is 6.20 Å². The van der Waals surface area contributed by atoms with Gasteiger partial charge in [-0.3, -0.25) is 4.57 Å². The second-order valence-corrected chi connectivity index (χ2v) is 4.74. The average Bonchev–Trinajstić information content (AvgIpc) is 2.67. The standard InChI is InChI=1S/C10H12F3N3O3S/c11-3-10(13)6(18)5(2-17)19-8(10)16-1-4(12)7(14)15-9(16)20/h1,5-6,8,17-18H,2-3H2,(H2,14,15,20)/t5?,6-,8?,10?/m0/s1. The fourth-order valence-electron chi connectivity index (χ4n) is 2.02. The molecule has 4 atom stereocenters. The highest BCUT2D eigenvalue weighted by molar-refractivity contribution is 7.71. The van der Waals surface area contributed by atoms with E-state index in [1.54, 1.807) is 0 Å². The average molecular weight is 311 g/mol. The van der Waals surface area contributed by atoms with Gasteiger partial charge in [-0.05, 0) is 12.2 Å². The van der Waals surface area contributed by atoms with E-state index in [2.05, 4.69) is 4.98 Å². The van der Waals surface area contributed by atoms with E-state index in [0.717, 1.165) is 4.57 Å². The fourth-order valence-corrected chi connectivity index (χ4v) is 2.27. The molecule has 1 saturated heterocycles. The number of hydrogen-bond donors (Lipinski definition) is 3. The Morgan fingerprint density at radius 1 is 1.60 bits per heavy atom. The van der Waals surface area contributed by atoms with E-state index in [4.69, 9.17) is 27.8 Å². The van der Waals surface area contributed by atoms with Crippen LogP contribution in [0.4, 0.5) is 19.0 Å². The minimum Gasteiger partial charge on any atom is -0.394 e. The SMILES string of the molecule is Nc1nc(=S)n(C2OC(CO)[C@H](O)C2(F)CF)cc1F. The summed E-state index contributed by atoms with van der Waals surface area (Å²) in [5.74, 6) is -1.49. The Balaban J connectivity index is 2.51. The monoisotopic (exact) mass is 311 g/mol. The largest absolute Gasteiger partial charge is 0.394 e. The Hall–Kier alpha value is -1.23. The first kappa shape index (κ1) is 15.2. The molecule has 0 saturated carbocycles. The van der Waals surface area contributed by atoms with Crippen molar-refractivity contribution in [2.45, 2.75) is 24.1 Å². The summed E-state index contributed by atoms with van der Waals surface area (Å²) in [5, 5.41) is 18.6. The molecule has 1 aliphatic rings. The summed E-state index contributed by atoms with van der Waals surface area (Å²) in [6.45, 7) is -2.34. The van der Waals surface area contributed by atoms with Crippen LogP contribution in [0.25, 0.3) is 0 Å². The van der Waals surface area contributed by atoms with Gasteiger partial charge < -0.3 is 20.7 Å². The van der Waals surface area contributed by atoms with Crippen molar-refractivity contribution in [1.29, 1.82) is 0 Å². The van der Waals surface area contributed by atoms with Crippen LogP contribution in [0.15, 0.2) is 6.20 Å². The van der Waals surface area contributed by atoms with E-state index in [1.165, 1.54) is 0 Å². The highest BCUT2D eigenvalue weighted by Crippen LogP contribution is 2.42. The lowest BCUT2D eigenvalue weighted by atomic mass is 9.97. The van der Waals surface area contributed by atoms with Crippen LogP contribution in [-0.2, 0) is 4.74 Å². The minimum atomic E-state index is -2.88. The number of aliphatic hydroxyl groups excluding tert-OH is 2. The van der Waals surface area contributed by atoms with E-state index in [1.807, 2.05) is 0 Å². The van der Waals surface area contributed by atoms with Crippen molar-refractivity contribution in [3.05, 3.63) is 16.8 Å². The number of aromatic nitrogens is 2. The second kappa shape index (κ2) is 5.28. The third-order valence-corrected chi connectivity index (χ3v) is 3.43. The summed E-state index contributed by atoms with van der Waals surface area (Å²) in [7, 11) is 0. The fraction of sp³-hybridized carbons (Fsp3) is 0.600. The number of halogens is 3. The smallest absolute Gasteiger partial charge is 0.212 e. The van der Waals surface area contributed by atoms with Gasteiger partial charge in [0.2, 0.25) is 10.4 Å². The Morgan fingerprint density at radius 2 is 2.25 bits per heavy atom. The van der Waals surface area contributed by atoms with Crippen LogP contribution in [0, 0.1) is 10.6 Å². The molecule has 1 aliphatic heterocycles. The van der Waals surface area contributed by atoms with Crippen molar-refractivity contribution in [1.82, 2.24) is 9.55 Å². The van der Waals surface area contributed by atoms with Gasteiger partial charge in [-0.1, -0.05) is 0 Å². The Kier molecular flexibility index (Phi) is 4.00. The van der Waals surface area contributed by atoms with Gasteiger partial charge in [-0.15, -0.1) is 0 Å². The number of rotatable bonds is 3. The number of hydrogen-bond acceptors (Lipinski definition) is 6. The molecule has 3 unspecified atom stereocenters. The molecule has 2 heterocycles. The molecule has 0 aromatic carbocycles. The van der Waals surface area contributed by atoms with Crippen molar-refractivity contribution in [2.75, 3.05) is 19.0 Å². The first-order chi connectivity index (χ1) is 9.35. The molecule has 1 aromatic rings. The molecule has 0 spiro atoms. The maximum Gasteiger partial charge on any atom is 0.212 e. The third kappa shape index (κ3) is 2.18. The number of alkyl halides is 2. The molecule has 0 amide bonds. The number of aliphatic hydroxyl groups is 2. The number of nitrogens with zero attached hydrogens (tertiary/aromatic N) is 2. The minimum absolute atomic E-state index is 0.338. The zero-order valence-corrected chi connectivity index (χ0v) is 10.9. The van der Waals surface area contributed by atoms with Crippen LogP contribution < -0.4 is 5.73 Å². The highest BCUT2D eigenvalue weighted by atomic mass is 32.1. The van der Waals surface area contributed by atoms with Crippen LogP contribution in [-0.4, -0.2) is 50.9 Å². The number of ether oxygens (including phenoxy) is 1. The van der Waals surface area contributed by atoms with Gasteiger partial charge in [-0.2, -0.15) is 4.98 Å². The van der Waals surface area contributed by atoms with Crippen LogP contribution >= 0.6 is 12.2 Å². The molecule has 2 rings (SSSR count). The molecule has 4 N–H and O–H groups in total. The second-order valence-electron chi connectivity index (χ2n) is 4.38. The van der Waals surface area contributed by atoms with Gasteiger partial charge in [0.1, 0.15) is 18.9 Å². The van der Waals surface area contributed by atoms with Crippen molar-refractivity contribution < 1.29 is 28.1 Å². The van der Waals surface area contributed by atoms with Gasteiger partial charge in [0.05, 0.1) is 6.61 Å². The molecular formula is C10H12F3N3O3S. The third-order valence-electron chi connectivity index (χ3n) is 3.13. The van der Waals surface area contributed by atoms with Gasteiger partial charge in [0.15, 0.2) is 17.9 Å². The van der Waals surface area contributed by atoms with Crippen LogP contribution in [0.3, 0.4) is 0 Å². The van der Waals surface area contributed by atoms with Crippen molar-refractivity contribution in [2.24, 2.45) is 0 Å². The van der Waals surface area contributed by atoms with Crippen molar-refractivity contribution in [3.63, 3.8) is 0 Å². The van der Waals surface area contributed by atoms with Crippen LogP contribution in [0.1, 0.15) is 6.23 Å². The van der Waals surface area contributed by atoms with Crippen LogP contribution in [0.2, 0.25) is 0 Å². The Bertz CT molecular complexity index is 572. The molecular weight excluding hydrogens is 299 g/mol. The Labute approximate surface area is 116 Å². The summed E-state index contributed by atoms with van der Waals surface area (Å²) in [4.78, 5) is 3.46. The molecule has 112 valence electrons. The maximum atomic E-state index is 14.5. The molecule has 0 bridgehead atoms. The molecule has 0 aliphatic carbocycles. The molecule has 1 fully saturated rings. The molecule has 1 aromatic heterocycles. The summed E-state index contributed by atoms with van der Waals surface area (Å²) in [6.07, 6.45) is -4.32. The number of nitrogen functional groups attached to an aromatic ring is 1. The predicted molar refractivity (Wildman–Crippen MR) is 64.2 cm³/mol. The van der Waals surface area contributed by atoms with E-state index in [9.17, 15) is 18.3 Å². The number of nitrogens with two attached hydrogens (primary N) is 1. The lowest BCUT2D eigenvalue weighted by Gasteiger charge is -2.26. The summed E-state index contributed by atoms with van der Waals surface area (Å²) < 4.78 is 46.3. The zero-order valence-electron chi connectivity index (χ0n) is 10.0. The van der Waals surface area contributed by atoms with Crippen molar-refractivity contribution in [3.8, 4) is 0 Å². The first-order valence-corrected chi connectivity index (χ1v) is 5.99. The summed E-state index contributed by atoms with van der Waals surface area (Å²) >= 11 is 4.79. The highest BCUT2D eigenvalue weighted by Gasteiger charge is 2.58. The van der Waals surface area contributed by atoms with Crippen LogP contribution in [0.5, 0.6) is 0 Å². The quantitative estimate of drug-likeness (QED) is 0.694. The zero-order chi connectivity index (χ0) is 15.1. The van der Waals surface area contributed by atoms with Gasteiger partial charge in [0, 0.05) is 6.20 Å². The van der Waals surface area contributed by atoms with E-state index >= 15 is 0 Å². The molecule has 20 heavy (non-hydrogen) atoms. The lowest BCUT2D eigenvalue weighted by molar-refractivity contribution is -0.0727. The lowest BCUT2D eigenvalue weighted by Crippen LogP contribution is -2.45. The van der Waals surface area contributed by atoms with E-state index < -0.39 is 49.0 Å². The number of anilines is 1. The Morgan fingerprint density at radius 3 is 2.80 bits per heavy atom. The molecule has 6 nitrogen and oxygen atoms in total. The summed E-state index contributed by atoms with van der Waals surface area (Å²) in [5.41, 5.74) is 2.33. The normalized spacial score (nSPS) is 33.5. The van der Waals surface area contributed by atoms with Gasteiger partial charge >= 0.3 is 0 Å². The maximum absolute atomic E-state index is 14.5. The summed E-state index contributed by atoms with van der Waals surface area (Å²) in [6, 6.07) is 0. The predicted octanol–water partition coefficient (Wildman–Crippen LogP) is 0.262. The first-order valence-electron chi connectivity index (χ1n) is 5.58. The van der Waals surface area contributed by atoms with Gasteiger partial charge in [0.25, 0.3) is 0 Å². The van der Waals surface area contributed by atoms with Gasteiger partial charge in [-0.25, -0.2) is 13.2 Å². The molecule has 10 heteroatoms.